The average molecular weight is 261 g/mol. The second-order valence-electron chi connectivity index (χ2n) is 5.86. The summed E-state index contributed by atoms with van der Waals surface area (Å²) in [5.74, 6) is 1.25. The Labute approximate surface area is 113 Å². The Kier molecular flexibility index (Phi) is 3.12. The van der Waals surface area contributed by atoms with Crippen LogP contribution in [-0.2, 0) is 5.54 Å². The number of hydrogen-bond donors (Lipinski definition) is 1. The summed E-state index contributed by atoms with van der Waals surface area (Å²) in [5, 5.41) is 0. The zero-order valence-corrected chi connectivity index (χ0v) is 12.1. The molecule has 1 aromatic carbocycles. The highest BCUT2D eigenvalue weighted by atomic mass is 19.1. The van der Waals surface area contributed by atoms with Crippen LogP contribution >= 0.6 is 0 Å². The molecule has 0 amide bonds. The van der Waals surface area contributed by atoms with E-state index in [9.17, 15) is 4.39 Å². The van der Waals surface area contributed by atoms with Crippen LogP contribution in [0.3, 0.4) is 0 Å². The summed E-state index contributed by atoms with van der Waals surface area (Å²) >= 11 is 0. The first kappa shape index (κ1) is 13.6. The number of imidazole rings is 1. The van der Waals surface area contributed by atoms with Crippen LogP contribution in [0.4, 0.5) is 10.2 Å². The summed E-state index contributed by atoms with van der Waals surface area (Å²) < 4.78 is 15.2. The molecule has 2 N–H and O–H groups in total. The van der Waals surface area contributed by atoms with Gasteiger partial charge in [0.25, 0.3) is 0 Å². The molecule has 0 aliphatic heterocycles. The average Bonchev–Trinajstić information content (AvgIpc) is 2.53. The molecule has 102 valence electrons. The van der Waals surface area contributed by atoms with Gasteiger partial charge in [-0.2, -0.15) is 0 Å². The SMILES string of the molecule is Cc1cc(F)ccc1-c1nc(C)n(C(C)(C)C)c1N. The number of nitrogens with two attached hydrogens (primary N) is 1. The fourth-order valence-corrected chi connectivity index (χ4v) is 2.49. The Morgan fingerprint density at radius 2 is 1.84 bits per heavy atom. The molecule has 0 saturated heterocycles. The van der Waals surface area contributed by atoms with Gasteiger partial charge in [0, 0.05) is 11.1 Å². The van der Waals surface area contributed by atoms with E-state index in [2.05, 4.69) is 25.8 Å². The van der Waals surface area contributed by atoms with Gasteiger partial charge >= 0.3 is 0 Å². The highest BCUT2D eigenvalue weighted by molar-refractivity contribution is 5.73. The summed E-state index contributed by atoms with van der Waals surface area (Å²) in [7, 11) is 0. The van der Waals surface area contributed by atoms with Crippen molar-refractivity contribution in [3.05, 3.63) is 35.4 Å². The first-order chi connectivity index (χ1) is 8.71. The Morgan fingerprint density at radius 1 is 1.21 bits per heavy atom. The molecule has 0 aliphatic carbocycles. The largest absolute Gasteiger partial charge is 0.383 e. The van der Waals surface area contributed by atoms with Crippen molar-refractivity contribution >= 4 is 5.82 Å². The van der Waals surface area contributed by atoms with Gasteiger partial charge in [-0.25, -0.2) is 9.37 Å². The third-order valence-electron chi connectivity index (χ3n) is 3.20. The van der Waals surface area contributed by atoms with Crippen LogP contribution in [-0.4, -0.2) is 9.55 Å². The topological polar surface area (TPSA) is 43.8 Å². The lowest BCUT2D eigenvalue weighted by Gasteiger charge is -2.24. The van der Waals surface area contributed by atoms with Crippen molar-refractivity contribution in [2.45, 2.75) is 40.2 Å². The van der Waals surface area contributed by atoms with E-state index in [1.807, 2.05) is 18.4 Å². The van der Waals surface area contributed by atoms with Crippen molar-refractivity contribution in [1.29, 1.82) is 0 Å². The third kappa shape index (κ3) is 2.35. The highest BCUT2D eigenvalue weighted by Crippen LogP contribution is 2.32. The predicted octanol–water partition coefficient (Wildman–Crippen LogP) is 3.64. The van der Waals surface area contributed by atoms with Crippen molar-refractivity contribution in [1.82, 2.24) is 9.55 Å². The molecule has 0 bridgehead atoms. The van der Waals surface area contributed by atoms with Gasteiger partial charge in [-0.1, -0.05) is 0 Å². The molecule has 0 radical (unpaired) electrons. The Balaban J connectivity index is 2.65. The molecule has 0 spiro atoms. The van der Waals surface area contributed by atoms with E-state index < -0.39 is 0 Å². The van der Waals surface area contributed by atoms with Gasteiger partial charge < -0.3 is 10.3 Å². The van der Waals surface area contributed by atoms with Crippen molar-refractivity contribution in [3.63, 3.8) is 0 Å². The molecule has 0 fully saturated rings. The van der Waals surface area contributed by atoms with Gasteiger partial charge in [0.2, 0.25) is 0 Å². The normalized spacial score (nSPS) is 11.9. The van der Waals surface area contributed by atoms with Gasteiger partial charge in [-0.05, 0) is 58.4 Å². The van der Waals surface area contributed by atoms with Gasteiger partial charge in [0.05, 0.1) is 0 Å². The summed E-state index contributed by atoms with van der Waals surface area (Å²) in [5.41, 5.74) is 8.55. The molecule has 2 aromatic rings. The Hall–Kier alpha value is -1.84. The van der Waals surface area contributed by atoms with E-state index in [0.29, 0.717) is 5.82 Å². The van der Waals surface area contributed by atoms with E-state index in [4.69, 9.17) is 5.73 Å². The maximum atomic E-state index is 13.2. The predicted molar refractivity (Wildman–Crippen MR) is 76.5 cm³/mol. The molecular formula is C15H20FN3. The lowest BCUT2D eigenvalue weighted by Crippen LogP contribution is -2.24. The highest BCUT2D eigenvalue weighted by Gasteiger charge is 2.23. The first-order valence-corrected chi connectivity index (χ1v) is 6.33. The van der Waals surface area contributed by atoms with E-state index in [1.165, 1.54) is 12.1 Å². The molecule has 4 heteroatoms. The summed E-state index contributed by atoms with van der Waals surface area (Å²) in [6, 6.07) is 4.67. The second-order valence-corrected chi connectivity index (χ2v) is 5.86. The number of nitrogen functional groups attached to an aromatic ring is 1. The molecule has 1 aromatic heterocycles. The summed E-state index contributed by atoms with van der Waals surface area (Å²) in [4.78, 5) is 4.55. The second kappa shape index (κ2) is 4.37. The van der Waals surface area contributed by atoms with Crippen LogP contribution in [0.1, 0.15) is 32.2 Å². The number of hydrogen-bond acceptors (Lipinski definition) is 2. The maximum absolute atomic E-state index is 13.2. The van der Waals surface area contributed by atoms with Crippen molar-refractivity contribution < 1.29 is 4.39 Å². The van der Waals surface area contributed by atoms with Gasteiger partial charge in [-0.15, -0.1) is 0 Å². The molecule has 3 nitrogen and oxygen atoms in total. The molecule has 0 unspecified atom stereocenters. The van der Waals surface area contributed by atoms with Crippen LogP contribution in [0.5, 0.6) is 0 Å². The summed E-state index contributed by atoms with van der Waals surface area (Å²) in [6.45, 7) is 10.0. The minimum atomic E-state index is -0.244. The molecule has 0 aliphatic rings. The summed E-state index contributed by atoms with van der Waals surface area (Å²) in [6.07, 6.45) is 0. The lowest BCUT2D eigenvalue weighted by atomic mass is 10.0. The van der Waals surface area contributed by atoms with E-state index in [0.717, 1.165) is 22.6 Å². The standard InChI is InChI=1S/C15H20FN3/c1-9-8-11(16)6-7-12(9)13-14(17)19(10(2)18-13)15(3,4)5/h6-8H,17H2,1-5H3. The molecule has 0 saturated carbocycles. The smallest absolute Gasteiger partial charge is 0.132 e. The third-order valence-corrected chi connectivity index (χ3v) is 3.20. The monoisotopic (exact) mass is 261 g/mol. The maximum Gasteiger partial charge on any atom is 0.132 e. The van der Waals surface area contributed by atoms with E-state index >= 15 is 0 Å². The number of aromatic nitrogens is 2. The van der Waals surface area contributed by atoms with Crippen LogP contribution in [0, 0.1) is 19.7 Å². The first-order valence-electron chi connectivity index (χ1n) is 6.33. The number of aryl methyl sites for hydroxylation is 2. The molecule has 0 atom stereocenters. The van der Waals surface area contributed by atoms with Crippen LogP contribution in [0.25, 0.3) is 11.3 Å². The Bertz CT molecular complexity index is 621. The van der Waals surface area contributed by atoms with Gasteiger partial charge in [-0.3, -0.25) is 0 Å². The fraction of sp³-hybridized carbons (Fsp3) is 0.400. The number of anilines is 1. The van der Waals surface area contributed by atoms with Gasteiger partial charge in [0.15, 0.2) is 0 Å². The van der Waals surface area contributed by atoms with Crippen LogP contribution in [0.15, 0.2) is 18.2 Å². The quantitative estimate of drug-likeness (QED) is 0.851. The van der Waals surface area contributed by atoms with Crippen molar-refractivity contribution in [2.75, 3.05) is 5.73 Å². The van der Waals surface area contributed by atoms with E-state index in [1.54, 1.807) is 6.07 Å². The minimum Gasteiger partial charge on any atom is -0.383 e. The number of nitrogens with zero attached hydrogens (tertiary/aromatic N) is 2. The minimum absolute atomic E-state index is 0.132. The van der Waals surface area contributed by atoms with Crippen molar-refractivity contribution in [2.24, 2.45) is 0 Å². The Morgan fingerprint density at radius 3 is 2.32 bits per heavy atom. The van der Waals surface area contributed by atoms with Crippen molar-refractivity contribution in [3.8, 4) is 11.3 Å². The zero-order valence-electron chi connectivity index (χ0n) is 12.1. The number of halogens is 1. The van der Waals surface area contributed by atoms with Crippen LogP contribution in [0.2, 0.25) is 0 Å². The number of benzene rings is 1. The van der Waals surface area contributed by atoms with Crippen LogP contribution < -0.4 is 5.73 Å². The number of rotatable bonds is 1. The lowest BCUT2D eigenvalue weighted by molar-refractivity contribution is 0.393. The molecule has 1 heterocycles. The molecule has 19 heavy (non-hydrogen) atoms. The molecule has 2 rings (SSSR count). The zero-order chi connectivity index (χ0) is 14.4. The van der Waals surface area contributed by atoms with E-state index in [-0.39, 0.29) is 11.4 Å². The fourth-order valence-electron chi connectivity index (χ4n) is 2.49. The van der Waals surface area contributed by atoms with Gasteiger partial charge in [0.1, 0.15) is 23.2 Å². The molecular weight excluding hydrogens is 241 g/mol.